The zero-order chi connectivity index (χ0) is 24.8. The number of benzene rings is 3. The van der Waals surface area contributed by atoms with E-state index in [0.29, 0.717) is 23.8 Å². The highest BCUT2D eigenvalue weighted by Gasteiger charge is 2.26. The Kier molecular flexibility index (Phi) is 8.49. The normalized spacial score (nSPS) is 19.2. The first kappa shape index (κ1) is 25.3. The van der Waals surface area contributed by atoms with Crippen LogP contribution in [0.4, 0.5) is 13.2 Å². The molecule has 0 spiro atoms. The van der Waals surface area contributed by atoms with Gasteiger partial charge >= 0.3 is 0 Å². The summed E-state index contributed by atoms with van der Waals surface area (Å²) in [6, 6.07) is 18.0. The summed E-state index contributed by atoms with van der Waals surface area (Å²) in [6.45, 7) is 4.20. The van der Waals surface area contributed by atoms with Gasteiger partial charge in [0.25, 0.3) is 0 Å². The molecule has 1 aliphatic rings. The zero-order valence-electron chi connectivity index (χ0n) is 20.7. The summed E-state index contributed by atoms with van der Waals surface area (Å²) >= 11 is 0. The van der Waals surface area contributed by atoms with Gasteiger partial charge in [-0.3, -0.25) is 0 Å². The van der Waals surface area contributed by atoms with E-state index in [1.165, 1.54) is 23.8 Å². The van der Waals surface area contributed by atoms with E-state index >= 15 is 8.78 Å². The van der Waals surface area contributed by atoms with Crippen molar-refractivity contribution in [3.63, 3.8) is 0 Å². The van der Waals surface area contributed by atoms with Crippen molar-refractivity contribution in [2.45, 2.75) is 70.6 Å². The Hall–Kier alpha value is -2.81. The molecule has 0 nitrogen and oxygen atoms in total. The summed E-state index contributed by atoms with van der Waals surface area (Å²) < 4.78 is 44.8. The number of rotatable bonds is 8. The molecule has 1 fully saturated rings. The summed E-state index contributed by atoms with van der Waals surface area (Å²) in [5, 5.41) is 0. The lowest BCUT2D eigenvalue weighted by Gasteiger charge is -2.30. The third kappa shape index (κ3) is 6.25. The fraction of sp³-hybridized carbons (Fsp3) is 0.375. The fourth-order valence-corrected chi connectivity index (χ4v) is 5.56. The van der Waals surface area contributed by atoms with Gasteiger partial charge < -0.3 is 0 Å². The Labute approximate surface area is 207 Å². The second-order valence-electron chi connectivity index (χ2n) is 10.0. The topological polar surface area (TPSA) is 0 Å². The van der Waals surface area contributed by atoms with E-state index in [0.717, 1.165) is 44.1 Å². The van der Waals surface area contributed by atoms with Crippen LogP contribution >= 0.6 is 0 Å². The van der Waals surface area contributed by atoms with Crippen LogP contribution in [0.2, 0.25) is 0 Å². The molecule has 3 aromatic rings. The minimum Gasteiger partial charge on any atom is -0.207 e. The van der Waals surface area contributed by atoms with E-state index in [2.05, 4.69) is 31.2 Å². The van der Waals surface area contributed by atoms with Gasteiger partial charge in [-0.05, 0) is 110 Å². The molecular formula is C32H35F3. The highest BCUT2D eigenvalue weighted by molar-refractivity contribution is 5.66. The third-order valence-corrected chi connectivity index (χ3v) is 7.60. The third-order valence-electron chi connectivity index (χ3n) is 7.60. The predicted molar refractivity (Wildman–Crippen MR) is 139 cm³/mol. The maximum atomic E-state index is 15.1. The molecule has 0 aliphatic heterocycles. The molecule has 184 valence electrons. The predicted octanol–water partition coefficient (Wildman–Crippen LogP) is 9.75. The molecule has 0 unspecified atom stereocenters. The van der Waals surface area contributed by atoms with Crippen molar-refractivity contribution >= 4 is 0 Å². The van der Waals surface area contributed by atoms with Gasteiger partial charge in [0, 0.05) is 0 Å². The van der Waals surface area contributed by atoms with Crippen LogP contribution < -0.4 is 0 Å². The lowest BCUT2D eigenvalue weighted by Crippen LogP contribution is -2.15. The van der Waals surface area contributed by atoms with E-state index in [9.17, 15) is 4.39 Å². The summed E-state index contributed by atoms with van der Waals surface area (Å²) in [5.74, 6) is -0.312. The largest absolute Gasteiger partial charge is 0.207 e. The maximum absolute atomic E-state index is 15.1. The van der Waals surface area contributed by atoms with Crippen LogP contribution in [0.1, 0.15) is 80.9 Å². The second kappa shape index (κ2) is 11.7. The first-order valence-corrected chi connectivity index (χ1v) is 12.9. The minimum absolute atomic E-state index is 0.141. The van der Waals surface area contributed by atoms with Crippen molar-refractivity contribution in [2.24, 2.45) is 5.92 Å². The first-order chi connectivity index (χ1) is 17.0. The van der Waals surface area contributed by atoms with E-state index < -0.39 is 17.5 Å². The lowest BCUT2D eigenvalue weighted by molar-refractivity contribution is 0.296. The molecule has 0 heterocycles. The molecule has 4 rings (SSSR count). The molecule has 0 radical (unpaired) electrons. The van der Waals surface area contributed by atoms with Crippen LogP contribution in [-0.4, -0.2) is 0 Å². The van der Waals surface area contributed by atoms with Gasteiger partial charge in [-0.25, -0.2) is 13.2 Å². The second-order valence-corrected chi connectivity index (χ2v) is 10.0. The number of hydrogen-bond acceptors (Lipinski definition) is 0. The Morgan fingerprint density at radius 1 is 0.857 bits per heavy atom. The van der Waals surface area contributed by atoms with Crippen LogP contribution in [0.25, 0.3) is 11.1 Å². The zero-order valence-corrected chi connectivity index (χ0v) is 20.7. The molecule has 0 bridgehead atoms. The van der Waals surface area contributed by atoms with E-state index in [-0.39, 0.29) is 17.0 Å². The molecule has 1 atom stereocenters. The van der Waals surface area contributed by atoms with Crippen molar-refractivity contribution in [1.82, 2.24) is 0 Å². The Bertz CT molecular complexity index is 1120. The van der Waals surface area contributed by atoms with Gasteiger partial charge in [-0.1, -0.05) is 61.5 Å². The quantitative estimate of drug-likeness (QED) is 0.284. The van der Waals surface area contributed by atoms with Crippen LogP contribution in [0.15, 0.2) is 72.8 Å². The van der Waals surface area contributed by atoms with Crippen molar-refractivity contribution in [3.05, 3.63) is 107 Å². The average Bonchev–Trinajstić information content (AvgIpc) is 2.86. The van der Waals surface area contributed by atoms with Crippen molar-refractivity contribution in [1.29, 1.82) is 0 Å². The molecule has 0 amide bonds. The van der Waals surface area contributed by atoms with Crippen LogP contribution in [-0.2, 0) is 6.42 Å². The summed E-state index contributed by atoms with van der Waals surface area (Å²) in [6.07, 6.45) is 10.4. The Morgan fingerprint density at radius 2 is 1.54 bits per heavy atom. The molecule has 3 heteroatoms. The molecule has 1 aliphatic carbocycles. The van der Waals surface area contributed by atoms with Gasteiger partial charge in [0.15, 0.2) is 0 Å². The molecule has 0 saturated heterocycles. The highest BCUT2D eigenvalue weighted by Crippen LogP contribution is 2.41. The Morgan fingerprint density at radius 3 is 2.17 bits per heavy atom. The molecule has 35 heavy (non-hydrogen) atoms. The van der Waals surface area contributed by atoms with Gasteiger partial charge in [0.2, 0.25) is 0 Å². The lowest BCUT2D eigenvalue weighted by atomic mass is 9.75. The molecule has 3 aromatic carbocycles. The van der Waals surface area contributed by atoms with E-state index in [1.54, 1.807) is 12.1 Å². The smallest absolute Gasteiger partial charge is 0.134 e. The number of aryl methyl sites for hydroxylation is 1. The van der Waals surface area contributed by atoms with Crippen molar-refractivity contribution in [2.75, 3.05) is 0 Å². The minimum atomic E-state index is -0.610. The first-order valence-electron chi connectivity index (χ1n) is 12.9. The maximum Gasteiger partial charge on any atom is 0.134 e. The molecule has 1 saturated carbocycles. The SMILES string of the molecule is C/C=C/CCc1ccc(-c2c(F)cc(C3CCC(C[C@@H](C)c4ccccc4)CC3)cc2F)cc1F. The summed E-state index contributed by atoms with van der Waals surface area (Å²) in [5.41, 5.74) is 2.76. The van der Waals surface area contributed by atoms with Crippen LogP contribution in [0, 0.1) is 23.4 Å². The van der Waals surface area contributed by atoms with E-state index in [1.807, 2.05) is 25.1 Å². The number of allylic oxidation sites excluding steroid dienone is 2. The van der Waals surface area contributed by atoms with Crippen LogP contribution in [0.5, 0.6) is 0 Å². The molecule has 0 aromatic heterocycles. The Balaban J connectivity index is 1.41. The van der Waals surface area contributed by atoms with Gasteiger partial charge in [0.05, 0.1) is 5.56 Å². The van der Waals surface area contributed by atoms with Crippen molar-refractivity contribution < 1.29 is 13.2 Å². The molecule has 0 N–H and O–H groups in total. The summed E-state index contributed by atoms with van der Waals surface area (Å²) in [7, 11) is 0. The number of hydrogen-bond donors (Lipinski definition) is 0. The van der Waals surface area contributed by atoms with E-state index in [4.69, 9.17) is 0 Å². The average molecular weight is 477 g/mol. The van der Waals surface area contributed by atoms with Crippen molar-refractivity contribution in [3.8, 4) is 11.1 Å². The van der Waals surface area contributed by atoms with Gasteiger partial charge in [-0.2, -0.15) is 0 Å². The van der Waals surface area contributed by atoms with Gasteiger partial charge in [0.1, 0.15) is 17.5 Å². The van der Waals surface area contributed by atoms with Crippen LogP contribution in [0.3, 0.4) is 0 Å². The number of halogens is 3. The van der Waals surface area contributed by atoms with Gasteiger partial charge in [-0.15, -0.1) is 0 Å². The monoisotopic (exact) mass is 476 g/mol. The highest BCUT2D eigenvalue weighted by atomic mass is 19.1. The fourth-order valence-electron chi connectivity index (χ4n) is 5.56. The summed E-state index contributed by atoms with van der Waals surface area (Å²) in [4.78, 5) is 0. The molecular weight excluding hydrogens is 441 g/mol. The standard InChI is InChI=1S/C32H35F3/c1-3-4-6-11-26-16-17-27(19-29(26)33)32-30(34)20-28(21-31(32)35)25-14-12-23(13-15-25)18-22(2)24-9-7-5-8-10-24/h3-5,7-10,16-17,19-23,25H,6,11-15,18H2,1-2H3/b4-3+/t22-,23?,25?/m1/s1.